The smallest absolute Gasteiger partial charge is 0.225 e. The number of ether oxygens (including phenoxy) is 1. The molecule has 0 radical (unpaired) electrons. The van der Waals surface area contributed by atoms with Gasteiger partial charge in [-0.15, -0.1) is 0 Å². The highest BCUT2D eigenvalue weighted by Crippen LogP contribution is 2.18. The van der Waals surface area contributed by atoms with Gasteiger partial charge in [0.2, 0.25) is 5.91 Å². The quantitative estimate of drug-likeness (QED) is 0.788. The van der Waals surface area contributed by atoms with Crippen LogP contribution in [0.5, 0.6) is 5.75 Å². The molecule has 5 nitrogen and oxygen atoms in total. The molecule has 1 N–H and O–H groups in total. The molecule has 3 rings (SSSR count). The summed E-state index contributed by atoms with van der Waals surface area (Å²) < 4.78 is 18.7. The van der Waals surface area contributed by atoms with Crippen molar-refractivity contribution in [3.05, 3.63) is 54.3 Å². The Labute approximate surface area is 166 Å². The Kier molecular flexibility index (Phi) is 6.87. The molecular formula is C22H28FN3O2. The van der Waals surface area contributed by atoms with Crippen LogP contribution in [0.25, 0.3) is 0 Å². The van der Waals surface area contributed by atoms with E-state index < -0.39 is 0 Å². The first-order chi connectivity index (χ1) is 13.5. The van der Waals surface area contributed by atoms with Gasteiger partial charge in [0.25, 0.3) is 0 Å². The van der Waals surface area contributed by atoms with Crippen molar-refractivity contribution in [1.82, 2.24) is 4.90 Å². The van der Waals surface area contributed by atoms with Crippen LogP contribution in [0.4, 0.5) is 15.8 Å². The maximum absolute atomic E-state index is 13.0. The highest BCUT2D eigenvalue weighted by atomic mass is 19.1. The lowest BCUT2D eigenvalue weighted by Crippen LogP contribution is -2.47. The second-order valence-corrected chi connectivity index (χ2v) is 7.29. The van der Waals surface area contributed by atoms with Gasteiger partial charge in [-0.1, -0.05) is 0 Å². The molecule has 1 aliphatic rings. The molecule has 1 fully saturated rings. The molecular weight excluding hydrogens is 357 g/mol. The number of carbonyl (C=O) groups excluding carboxylic acids is 1. The Balaban J connectivity index is 1.39. The zero-order valence-corrected chi connectivity index (χ0v) is 16.5. The van der Waals surface area contributed by atoms with Gasteiger partial charge in [-0.3, -0.25) is 9.69 Å². The van der Waals surface area contributed by atoms with Gasteiger partial charge in [-0.05, 0) is 62.4 Å². The molecule has 6 heteroatoms. The van der Waals surface area contributed by atoms with E-state index in [4.69, 9.17) is 4.74 Å². The van der Waals surface area contributed by atoms with E-state index in [0.29, 0.717) is 6.42 Å². The third kappa shape index (κ3) is 5.96. The van der Waals surface area contributed by atoms with Crippen LogP contribution >= 0.6 is 0 Å². The highest BCUT2D eigenvalue weighted by molar-refractivity contribution is 5.90. The Morgan fingerprint density at radius 1 is 1.04 bits per heavy atom. The number of hydrogen-bond donors (Lipinski definition) is 1. The van der Waals surface area contributed by atoms with Crippen molar-refractivity contribution in [2.24, 2.45) is 0 Å². The minimum absolute atomic E-state index is 0.0125. The molecule has 0 unspecified atom stereocenters. The van der Waals surface area contributed by atoms with Crippen molar-refractivity contribution in [2.45, 2.75) is 26.4 Å². The normalized spacial score (nSPS) is 14.9. The molecule has 1 heterocycles. The molecule has 0 atom stereocenters. The van der Waals surface area contributed by atoms with Gasteiger partial charge < -0.3 is 15.0 Å². The predicted octanol–water partition coefficient (Wildman–Crippen LogP) is 3.76. The van der Waals surface area contributed by atoms with Gasteiger partial charge in [-0.25, -0.2) is 4.39 Å². The molecule has 1 saturated heterocycles. The molecule has 2 aromatic rings. The van der Waals surface area contributed by atoms with Crippen molar-refractivity contribution in [2.75, 3.05) is 42.9 Å². The van der Waals surface area contributed by atoms with Crippen LogP contribution in [0.15, 0.2) is 48.5 Å². The van der Waals surface area contributed by atoms with Crippen LogP contribution in [-0.2, 0) is 4.79 Å². The molecule has 2 aromatic carbocycles. The maximum Gasteiger partial charge on any atom is 0.225 e. The van der Waals surface area contributed by atoms with Crippen molar-refractivity contribution in [1.29, 1.82) is 0 Å². The second-order valence-electron chi connectivity index (χ2n) is 7.29. The zero-order chi connectivity index (χ0) is 19.9. The number of rotatable bonds is 7. The summed E-state index contributed by atoms with van der Waals surface area (Å²) >= 11 is 0. The Morgan fingerprint density at radius 2 is 1.68 bits per heavy atom. The first-order valence-corrected chi connectivity index (χ1v) is 9.79. The number of amides is 1. The minimum Gasteiger partial charge on any atom is -0.491 e. The van der Waals surface area contributed by atoms with E-state index in [9.17, 15) is 9.18 Å². The zero-order valence-electron chi connectivity index (χ0n) is 16.5. The topological polar surface area (TPSA) is 44.8 Å². The highest BCUT2D eigenvalue weighted by Gasteiger charge is 2.18. The number of hydrogen-bond acceptors (Lipinski definition) is 4. The van der Waals surface area contributed by atoms with E-state index in [0.717, 1.165) is 49.8 Å². The van der Waals surface area contributed by atoms with Gasteiger partial charge in [0, 0.05) is 50.5 Å². The van der Waals surface area contributed by atoms with Gasteiger partial charge in [0.05, 0.1) is 6.10 Å². The number of nitrogens with zero attached hydrogens (tertiary/aromatic N) is 2. The molecule has 0 aliphatic carbocycles. The lowest BCUT2D eigenvalue weighted by molar-refractivity contribution is -0.116. The molecule has 0 spiro atoms. The van der Waals surface area contributed by atoms with E-state index in [1.165, 1.54) is 12.1 Å². The molecule has 1 aliphatic heterocycles. The fourth-order valence-electron chi connectivity index (χ4n) is 3.25. The number of anilines is 2. The number of benzene rings is 2. The molecule has 150 valence electrons. The largest absolute Gasteiger partial charge is 0.491 e. The van der Waals surface area contributed by atoms with E-state index >= 15 is 0 Å². The van der Waals surface area contributed by atoms with Crippen LogP contribution in [0.1, 0.15) is 20.3 Å². The number of nitrogens with one attached hydrogen (secondary N) is 1. The summed E-state index contributed by atoms with van der Waals surface area (Å²) in [5, 5.41) is 2.93. The van der Waals surface area contributed by atoms with Crippen molar-refractivity contribution in [3.8, 4) is 5.75 Å². The van der Waals surface area contributed by atoms with Crippen molar-refractivity contribution in [3.63, 3.8) is 0 Å². The summed E-state index contributed by atoms with van der Waals surface area (Å²) in [5.41, 5.74) is 1.82. The average Bonchev–Trinajstić information content (AvgIpc) is 2.69. The minimum atomic E-state index is -0.213. The van der Waals surface area contributed by atoms with Crippen LogP contribution < -0.4 is 15.0 Å². The maximum atomic E-state index is 13.0. The summed E-state index contributed by atoms with van der Waals surface area (Å²) in [6.07, 6.45) is 0.588. The van der Waals surface area contributed by atoms with Crippen molar-refractivity contribution < 1.29 is 13.9 Å². The molecule has 0 bridgehead atoms. The monoisotopic (exact) mass is 385 g/mol. The third-order valence-corrected chi connectivity index (χ3v) is 4.73. The third-order valence-electron chi connectivity index (χ3n) is 4.73. The predicted molar refractivity (Wildman–Crippen MR) is 111 cm³/mol. The van der Waals surface area contributed by atoms with Crippen LogP contribution in [0, 0.1) is 5.82 Å². The van der Waals surface area contributed by atoms with E-state index in [1.54, 1.807) is 0 Å². The first-order valence-electron chi connectivity index (χ1n) is 9.79. The Hall–Kier alpha value is -2.60. The van der Waals surface area contributed by atoms with Gasteiger partial charge in [0.1, 0.15) is 11.6 Å². The van der Waals surface area contributed by atoms with E-state index in [2.05, 4.69) is 15.1 Å². The SMILES string of the molecule is CC(C)Oc1ccc(NC(=O)CCN2CCN(c3ccc(F)cc3)CC2)cc1. The van der Waals surface area contributed by atoms with Crippen molar-refractivity contribution >= 4 is 17.3 Å². The summed E-state index contributed by atoms with van der Waals surface area (Å²) in [6.45, 7) is 8.24. The molecule has 0 aromatic heterocycles. The fourth-order valence-corrected chi connectivity index (χ4v) is 3.25. The van der Waals surface area contributed by atoms with Crippen LogP contribution in [0.2, 0.25) is 0 Å². The Morgan fingerprint density at radius 3 is 2.29 bits per heavy atom. The summed E-state index contributed by atoms with van der Waals surface area (Å²) in [5.74, 6) is 0.598. The van der Waals surface area contributed by atoms with Crippen LogP contribution in [-0.4, -0.2) is 49.6 Å². The second kappa shape index (κ2) is 9.55. The number of piperazine rings is 1. The number of carbonyl (C=O) groups is 1. The average molecular weight is 385 g/mol. The fraction of sp³-hybridized carbons (Fsp3) is 0.409. The summed E-state index contributed by atoms with van der Waals surface area (Å²) in [7, 11) is 0. The molecule has 0 saturated carbocycles. The van der Waals surface area contributed by atoms with Gasteiger partial charge >= 0.3 is 0 Å². The standard InChI is InChI=1S/C22H28FN3O2/c1-17(2)28-21-9-5-19(6-10-21)24-22(27)11-12-25-13-15-26(16-14-25)20-7-3-18(23)4-8-20/h3-10,17H,11-16H2,1-2H3,(H,24,27). The van der Waals surface area contributed by atoms with Gasteiger partial charge in [0.15, 0.2) is 0 Å². The number of halogens is 1. The molecule has 28 heavy (non-hydrogen) atoms. The first kappa shape index (κ1) is 20.1. The van der Waals surface area contributed by atoms with Crippen LogP contribution in [0.3, 0.4) is 0 Å². The lowest BCUT2D eigenvalue weighted by Gasteiger charge is -2.36. The summed E-state index contributed by atoms with van der Waals surface area (Å²) in [6, 6.07) is 14.1. The van der Waals surface area contributed by atoms with Gasteiger partial charge in [-0.2, -0.15) is 0 Å². The van der Waals surface area contributed by atoms with E-state index in [1.807, 2.05) is 50.2 Å². The Bertz CT molecular complexity index is 754. The summed E-state index contributed by atoms with van der Waals surface area (Å²) in [4.78, 5) is 16.8. The molecule has 1 amide bonds. The lowest BCUT2D eigenvalue weighted by atomic mass is 10.2. The van der Waals surface area contributed by atoms with E-state index in [-0.39, 0.29) is 17.8 Å².